The highest BCUT2D eigenvalue weighted by Crippen LogP contribution is 2.46. The first-order valence-electron chi connectivity index (χ1n) is 7.09. The van der Waals surface area contributed by atoms with Crippen molar-refractivity contribution in [2.45, 2.75) is 84.3 Å². The lowest BCUT2D eigenvalue weighted by molar-refractivity contribution is 0.233. The van der Waals surface area contributed by atoms with Gasteiger partial charge in [0.15, 0.2) is 0 Å². The summed E-state index contributed by atoms with van der Waals surface area (Å²) >= 11 is 0. The predicted octanol–water partition coefficient (Wildman–Crippen LogP) is 4.55. The summed E-state index contributed by atoms with van der Waals surface area (Å²) < 4.78 is 5.89. The third-order valence-corrected chi connectivity index (χ3v) is 4.80. The number of rotatable bonds is 0. The van der Waals surface area contributed by atoms with Gasteiger partial charge in [0.2, 0.25) is 0 Å². The van der Waals surface area contributed by atoms with Gasteiger partial charge in [-0.25, -0.2) is 0 Å². The fourth-order valence-electron chi connectivity index (χ4n) is 3.14. The van der Waals surface area contributed by atoms with Crippen molar-refractivity contribution in [3.8, 4) is 0 Å². The average Bonchev–Trinajstić information content (AvgIpc) is 2.82. The van der Waals surface area contributed by atoms with E-state index in [2.05, 4.69) is 27.7 Å². The van der Waals surface area contributed by atoms with E-state index in [0.717, 1.165) is 5.92 Å². The summed E-state index contributed by atoms with van der Waals surface area (Å²) in [7, 11) is 0. The molecule has 1 nitrogen and oxygen atoms in total. The lowest BCUT2D eigenvalue weighted by Crippen LogP contribution is -2.14. The van der Waals surface area contributed by atoms with E-state index in [9.17, 15) is 0 Å². The quantitative estimate of drug-likeness (QED) is 0.550. The van der Waals surface area contributed by atoms with Crippen molar-refractivity contribution in [2.75, 3.05) is 0 Å². The van der Waals surface area contributed by atoms with Gasteiger partial charge in [-0.3, -0.25) is 0 Å². The fourth-order valence-corrected chi connectivity index (χ4v) is 3.14. The second-order valence-electron chi connectivity index (χ2n) is 7.16. The van der Waals surface area contributed by atoms with Crippen LogP contribution in [-0.4, -0.2) is 11.7 Å². The highest BCUT2D eigenvalue weighted by Gasteiger charge is 2.51. The minimum absolute atomic E-state index is 0.250. The Morgan fingerprint density at radius 3 is 2.44 bits per heavy atom. The number of ether oxygens (including phenoxy) is 1. The molecule has 0 aromatic carbocycles. The molecule has 94 valence electrons. The maximum Gasteiger partial charge on any atom is 0.0920 e. The molecule has 1 aliphatic heterocycles. The van der Waals surface area contributed by atoms with Crippen molar-refractivity contribution in [3.63, 3.8) is 0 Å². The molecule has 1 heteroatoms. The molecular weight excluding hydrogens is 196 g/mol. The number of hydrogen-bond donors (Lipinski definition) is 0. The third-order valence-electron chi connectivity index (χ3n) is 4.80. The molecule has 2 aliphatic rings. The SMILES string of the molecule is CC1CCC2OC2(C)CCCC(C)(C)CC1. The van der Waals surface area contributed by atoms with Gasteiger partial charge in [-0.05, 0) is 56.8 Å². The Kier molecular flexibility index (Phi) is 3.36. The second kappa shape index (κ2) is 4.33. The first kappa shape index (κ1) is 12.4. The molecule has 3 unspecified atom stereocenters. The summed E-state index contributed by atoms with van der Waals surface area (Å²) in [4.78, 5) is 0. The highest BCUT2D eigenvalue weighted by molar-refractivity contribution is 4.99. The van der Waals surface area contributed by atoms with Gasteiger partial charge in [-0.2, -0.15) is 0 Å². The van der Waals surface area contributed by atoms with E-state index < -0.39 is 0 Å². The normalized spacial score (nSPS) is 44.2. The van der Waals surface area contributed by atoms with Gasteiger partial charge >= 0.3 is 0 Å². The van der Waals surface area contributed by atoms with E-state index in [4.69, 9.17) is 4.74 Å². The summed E-state index contributed by atoms with van der Waals surface area (Å²) in [5, 5.41) is 0. The minimum Gasteiger partial charge on any atom is -0.366 e. The topological polar surface area (TPSA) is 12.5 Å². The summed E-state index contributed by atoms with van der Waals surface area (Å²) in [6.07, 6.45) is 10.0. The maximum atomic E-state index is 5.89. The highest BCUT2D eigenvalue weighted by atomic mass is 16.6. The lowest BCUT2D eigenvalue weighted by Gasteiger charge is -2.26. The van der Waals surface area contributed by atoms with Gasteiger partial charge in [-0.1, -0.05) is 27.2 Å². The molecule has 0 N–H and O–H groups in total. The lowest BCUT2D eigenvalue weighted by atomic mass is 9.80. The van der Waals surface area contributed by atoms with Gasteiger partial charge < -0.3 is 4.74 Å². The monoisotopic (exact) mass is 224 g/mol. The van der Waals surface area contributed by atoms with Crippen LogP contribution in [-0.2, 0) is 4.74 Å². The summed E-state index contributed by atoms with van der Waals surface area (Å²) in [6, 6.07) is 0. The predicted molar refractivity (Wildman–Crippen MR) is 68.5 cm³/mol. The largest absolute Gasteiger partial charge is 0.366 e. The second-order valence-corrected chi connectivity index (χ2v) is 7.16. The Morgan fingerprint density at radius 2 is 1.69 bits per heavy atom. The van der Waals surface area contributed by atoms with Crippen LogP contribution in [0.2, 0.25) is 0 Å². The first-order valence-corrected chi connectivity index (χ1v) is 7.09. The van der Waals surface area contributed by atoms with E-state index in [1.807, 2.05) is 0 Å². The van der Waals surface area contributed by atoms with Crippen LogP contribution in [0, 0.1) is 11.3 Å². The van der Waals surface area contributed by atoms with Crippen LogP contribution in [0.15, 0.2) is 0 Å². The Morgan fingerprint density at radius 1 is 0.938 bits per heavy atom. The van der Waals surface area contributed by atoms with Crippen molar-refractivity contribution >= 4 is 0 Å². The van der Waals surface area contributed by atoms with Crippen LogP contribution in [0.5, 0.6) is 0 Å². The van der Waals surface area contributed by atoms with Gasteiger partial charge in [0, 0.05) is 0 Å². The summed E-state index contributed by atoms with van der Waals surface area (Å²) in [5.74, 6) is 0.880. The maximum absolute atomic E-state index is 5.89. The summed E-state index contributed by atoms with van der Waals surface area (Å²) in [5.41, 5.74) is 0.791. The molecule has 0 radical (unpaired) electrons. The van der Waals surface area contributed by atoms with E-state index in [1.165, 1.54) is 44.9 Å². The molecule has 16 heavy (non-hydrogen) atoms. The van der Waals surface area contributed by atoms with Crippen LogP contribution in [0.1, 0.15) is 72.6 Å². The smallest absolute Gasteiger partial charge is 0.0920 e. The molecule has 1 saturated carbocycles. The Labute approximate surface area is 101 Å². The zero-order valence-corrected chi connectivity index (χ0v) is 11.5. The van der Waals surface area contributed by atoms with Gasteiger partial charge in [0.05, 0.1) is 11.7 Å². The molecule has 0 aromatic heterocycles. The van der Waals surface area contributed by atoms with Crippen molar-refractivity contribution in [2.24, 2.45) is 11.3 Å². The van der Waals surface area contributed by atoms with E-state index in [1.54, 1.807) is 0 Å². The Balaban J connectivity index is 1.94. The molecule has 2 rings (SSSR count). The molecular formula is C15H28O. The van der Waals surface area contributed by atoms with Gasteiger partial charge in [-0.15, -0.1) is 0 Å². The molecule has 3 atom stereocenters. The standard InChI is InChI=1S/C15H28O/c1-12-6-7-13-15(4,16-13)10-5-9-14(2,3)11-8-12/h12-13H,5-11H2,1-4H3. The van der Waals surface area contributed by atoms with Crippen LogP contribution in [0.4, 0.5) is 0 Å². The average molecular weight is 224 g/mol. The number of fused-ring (bicyclic) bond motifs is 1. The van der Waals surface area contributed by atoms with Crippen LogP contribution in [0.3, 0.4) is 0 Å². The fraction of sp³-hybridized carbons (Fsp3) is 1.00. The zero-order valence-electron chi connectivity index (χ0n) is 11.5. The molecule has 0 aromatic rings. The first-order chi connectivity index (χ1) is 7.41. The van der Waals surface area contributed by atoms with Crippen LogP contribution >= 0.6 is 0 Å². The van der Waals surface area contributed by atoms with Gasteiger partial charge in [0.1, 0.15) is 0 Å². The molecule has 1 aliphatic carbocycles. The zero-order chi connectivity index (χ0) is 11.8. The van der Waals surface area contributed by atoms with Crippen molar-refractivity contribution in [1.82, 2.24) is 0 Å². The minimum atomic E-state index is 0.250. The summed E-state index contributed by atoms with van der Waals surface area (Å²) in [6.45, 7) is 9.59. The van der Waals surface area contributed by atoms with Gasteiger partial charge in [0.25, 0.3) is 0 Å². The molecule has 0 bridgehead atoms. The molecule has 0 amide bonds. The van der Waals surface area contributed by atoms with E-state index >= 15 is 0 Å². The Bertz CT molecular complexity index is 246. The van der Waals surface area contributed by atoms with Crippen molar-refractivity contribution < 1.29 is 4.74 Å². The van der Waals surface area contributed by atoms with Crippen molar-refractivity contribution in [3.05, 3.63) is 0 Å². The molecule has 2 fully saturated rings. The number of epoxide rings is 1. The van der Waals surface area contributed by atoms with Crippen LogP contribution < -0.4 is 0 Å². The third kappa shape index (κ3) is 3.00. The van der Waals surface area contributed by atoms with E-state index in [-0.39, 0.29) is 5.60 Å². The molecule has 1 saturated heterocycles. The molecule has 1 heterocycles. The molecule has 0 spiro atoms. The number of hydrogen-bond acceptors (Lipinski definition) is 1. The van der Waals surface area contributed by atoms with Crippen molar-refractivity contribution in [1.29, 1.82) is 0 Å². The van der Waals surface area contributed by atoms with E-state index in [0.29, 0.717) is 11.5 Å². The Hall–Kier alpha value is -0.0400. The van der Waals surface area contributed by atoms with Crippen LogP contribution in [0.25, 0.3) is 0 Å².